The number of halogens is 1. The minimum atomic E-state index is -0.456. The third-order valence-corrected chi connectivity index (χ3v) is 4.44. The van der Waals surface area contributed by atoms with E-state index in [-0.39, 0.29) is 12.4 Å². The Balaban J connectivity index is 0.00000312. The Morgan fingerprint density at radius 1 is 1.12 bits per heavy atom. The largest absolute Gasteiger partial charge is 0.493 e. The van der Waals surface area contributed by atoms with Crippen LogP contribution in [0.3, 0.4) is 0 Å². The normalized spacial score (nSPS) is 22.1. The molecule has 1 aliphatic rings. The van der Waals surface area contributed by atoms with Crippen LogP contribution in [0.4, 0.5) is 0 Å². The number of ether oxygens (including phenoxy) is 3. The topological polar surface area (TPSA) is 51.2 Å². The summed E-state index contributed by atoms with van der Waals surface area (Å²) >= 11 is 0. The maximum Gasteiger partial charge on any atom is 0.161 e. The predicted octanol–water partition coefficient (Wildman–Crippen LogP) is 2.98. The Morgan fingerprint density at radius 2 is 1.76 bits per heavy atom. The SMILES string of the molecule is COc1ccc(COCC(O)CN2CC(C)CC(C)C2)cc1OC.Cl. The van der Waals surface area contributed by atoms with Crippen molar-refractivity contribution in [1.29, 1.82) is 0 Å². The van der Waals surface area contributed by atoms with Gasteiger partial charge in [-0.2, -0.15) is 0 Å². The number of aliphatic hydroxyl groups is 1. The summed E-state index contributed by atoms with van der Waals surface area (Å²) in [6.45, 7) is 8.16. The lowest BCUT2D eigenvalue weighted by Crippen LogP contribution is -2.43. The molecule has 0 bridgehead atoms. The van der Waals surface area contributed by atoms with Crippen molar-refractivity contribution in [2.45, 2.75) is 33.0 Å². The molecule has 1 saturated heterocycles. The van der Waals surface area contributed by atoms with Crippen molar-refractivity contribution in [3.63, 3.8) is 0 Å². The van der Waals surface area contributed by atoms with Gasteiger partial charge in [0.15, 0.2) is 11.5 Å². The number of likely N-dealkylation sites (tertiary alicyclic amines) is 1. The molecule has 3 atom stereocenters. The Hall–Kier alpha value is -1.01. The molecular formula is C19H32ClNO4. The van der Waals surface area contributed by atoms with E-state index in [4.69, 9.17) is 14.2 Å². The maximum atomic E-state index is 10.2. The minimum Gasteiger partial charge on any atom is -0.493 e. The van der Waals surface area contributed by atoms with Crippen LogP contribution in [0.2, 0.25) is 0 Å². The van der Waals surface area contributed by atoms with Gasteiger partial charge in [-0.05, 0) is 36.0 Å². The summed E-state index contributed by atoms with van der Waals surface area (Å²) in [5.41, 5.74) is 1.00. The van der Waals surface area contributed by atoms with Crippen LogP contribution in [0.25, 0.3) is 0 Å². The van der Waals surface area contributed by atoms with Crippen LogP contribution in [0.15, 0.2) is 18.2 Å². The van der Waals surface area contributed by atoms with Crippen molar-refractivity contribution in [3.05, 3.63) is 23.8 Å². The van der Waals surface area contributed by atoms with E-state index in [2.05, 4.69) is 18.7 Å². The van der Waals surface area contributed by atoms with Gasteiger partial charge in [-0.1, -0.05) is 19.9 Å². The Labute approximate surface area is 157 Å². The van der Waals surface area contributed by atoms with E-state index in [9.17, 15) is 5.11 Å². The van der Waals surface area contributed by atoms with Crippen LogP contribution >= 0.6 is 12.4 Å². The first-order valence-electron chi connectivity index (χ1n) is 8.70. The first kappa shape index (κ1) is 22.0. The zero-order valence-electron chi connectivity index (χ0n) is 15.7. The highest BCUT2D eigenvalue weighted by Gasteiger charge is 2.23. The first-order chi connectivity index (χ1) is 11.5. The highest BCUT2D eigenvalue weighted by atomic mass is 35.5. The van der Waals surface area contributed by atoms with Crippen LogP contribution in [-0.4, -0.2) is 56.6 Å². The van der Waals surface area contributed by atoms with Crippen molar-refractivity contribution in [2.75, 3.05) is 40.5 Å². The molecule has 0 aliphatic carbocycles. The van der Waals surface area contributed by atoms with E-state index in [0.717, 1.165) is 18.7 Å². The smallest absolute Gasteiger partial charge is 0.161 e. The molecule has 1 aromatic rings. The van der Waals surface area contributed by atoms with Gasteiger partial charge in [0.25, 0.3) is 0 Å². The number of methoxy groups -OCH3 is 2. The number of nitrogens with zero attached hydrogens (tertiary/aromatic N) is 1. The second-order valence-corrected chi connectivity index (χ2v) is 7.02. The van der Waals surface area contributed by atoms with E-state index >= 15 is 0 Å². The molecule has 0 amide bonds. The molecule has 144 valence electrons. The van der Waals surface area contributed by atoms with E-state index in [0.29, 0.717) is 43.1 Å². The number of hydrogen-bond donors (Lipinski definition) is 1. The van der Waals surface area contributed by atoms with Gasteiger partial charge in [0.1, 0.15) is 0 Å². The van der Waals surface area contributed by atoms with Gasteiger partial charge in [0.2, 0.25) is 0 Å². The second-order valence-electron chi connectivity index (χ2n) is 7.02. The zero-order valence-corrected chi connectivity index (χ0v) is 16.6. The molecule has 0 aromatic heterocycles. The number of benzene rings is 1. The maximum absolute atomic E-state index is 10.2. The molecule has 3 unspecified atom stereocenters. The average Bonchev–Trinajstić information content (AvgIpc) is 2.53. The minimum absolute atomic E-state index is 0. The number of β-amino-alcohol motifs (C(OH)–C–C–N with tert-alkyl or cyclic N) is 1. The molecule has 1 heterocycles. The van der Waals surface area contributed by atoms with E-state index in [1.54, 1.807) is 14.2 Å². The van der Waals surface area contributed by atoms with E-state index in [1.165, 1.54) is 6.42 Å². The first-order valence-corrected chi connectivity index (χ1v) is 8.70. The quantitative estimate of drug-likeness (QED) is 0.759. The lowest BCUT2D eigenvalue weighted by molar-refractivity contribution is -0.000930. The van der Waals surface area contributed by atoms with Crippen molar-refractivity contribution < 1.29 is 19.3 Å². The van der Waals surface area contributed by atoms with Crippen LogP contribution in [-0.2, 0) is 11.3 Å². The monoisotopic (exact) mass is 373 g/mol. The van der Waals surface area contributed by atoms with E-state index in [1.807, 2.05) is 18.2 Å². The van der Waals surface area contributed by atoms with Gasteiger partial charge >= 0.3 is 0 Å². The van der Waals surface area contributed by atoms with Crippen LogP contribution in [0.5, 0.6) is 11.5 Å². The highest BCUT2D eigenvalue weighted by Crippen LogP contribution is 2.27. The standard InChI is InChI=1S/C19H31NO4.ClH/c1-14-7-15(2)10-20(9-14)11-17(21)13-24-12-16-5-6-18(22-3)19(8-16)23-4;/h5-6,8,14-15,17,21H,7,9-13H2,1-4H3;1H. The zero-order chi connectivity index (χ0) is 17.5. The summed E-state index contributed by atoms with van der Waals surface area (Å²) in [4.78, 5) is 2.35. The molecule has 1 fully saturated rings. The predicted molar refractivity (Wildman–Crippen MR) is 102 cm³/mol. The molecule has 5 nitrogen and oxygen atoms in total. The fourth-order valence-electron chi connectivity index (χ4n) is 3.58. The van der Waals surface area contributed by atoms with Gasteiger partial charge in [0.05, 0.1) is 33.5 Å². The summed E-state index contributed by atoms with van der Waals surface area (Å²) in [6.07, 6.45) is 0.824. The van der Waals surface area contributed by atoms with Crippen LogP contribution < -0.4 is 9.47 Å². The number of piperidine rings is 1. The van der Waals surface area contributed by atoms with Crippen LogP contribution in [0.1, 0.15) is 25.8 Å². The third kappa shape index (κ3) is 7.02. The summed E-state index contributed by atoms with van der Waals surface area (Å²) in [5.74, 6) is 2.80. The number of hydrogen-bond acceptors (Lipinski definition) is 5. The molecule has 0 spiro atoms. The van der Waals surface area contributed by atoms with Gasteiger partial charge in [-0.15, -0.1) is 12.4 Å². The molecule has 1 aliphatic heterocycles. The number of rotatable bonds is 8. The van der Waals surface area contributed by atoms with Gasteiger partial charge in [-0.3, -0.25) is 0 Å². The van der Waals surface area contributed by atoms with Gasteiger partial charge in [0, 0.05) is 19.6 Å². The molecule has 2 rings (SSSR count). The fourth-order valence-corrected chi connectivity index (χ4v) is 3.58. The van der Waals surface area contributed by atoms with Crippen LogP contribution in [0, 0.1) is 11.8 Å². The summed E-state index contributed by atoms with van der Waals surface area (Å²) in [6, 6.07) is 5.71. The highest BCUT2D eigenvalue weighted by molar-refractivity contribution is 5.85. The molecular weight excluding hydrogens is 342 g/mol. The third-order valence-electron chi connectivity index (χ3n) is 4.44. The molecule has 25 heavy (non-hydrogen) atoms. The lowest BCUT2D eigenvalue weighted by Gasteiger charge is -2.35. The van der Waals surface area contributed by atoms with Crippen molar-refractivity contribution >= 4 is 12.4 Å². The molecule has 6 heteroatoms. The Kier molecular flexibility index (Phi) is 9.57. The Bertz CT molecular complexity index is 504. The number of aliphatic hydroxyl groups excluding tert-OH is 1. The molecule has 1 N–H and O–H groups in total. The molecule has 0 saturated carbocycles. The van der Waals surface area contributed by atoms with Crippen molar-refractivity contribution in [2.24, 2.45) is 11.8 Å². The lowest BCUT2D eigenvalue weighted by atomic mass is 9.92. The Morgan fingerprint density at radius 3 is 2.36 bits per heavy atom. The molecule has 0 radical (unpaired) electrons. The summed E-state index contributed by atoms with van der Waals surface area (Å²) in [5, 5.41) is 10.2. The average molecular weight is 374 g/mol. The molecule has 1 aromatic carbocycles. The van der Waals surface area contributed by atoms with E-state index < -0.39 is 6.10 Å². The van der Waals surface area contributed by atoms with Crippen molar-refractivity contribution in [3.8, 4) is 11.5 Å². The van der Waals surface area contributed by atoms with Gasteiger partial charge in [-0.25, -0.2) is 0 Å². The van der Waals surface area contributed by atoms with Gasteiger partial charge < -0.3 is 24.2 Å². The fraction of sp³-hybridized carbons (Fsp3) is 0.684. The summed E-state index contributed by atoms with van der Waals surface area (Å²) in [7, 11) is 3.24. The second kappa shape index (κ2) is 10.9. The summed E-state index contributed by atoms with van der Waals surface area (Å²) < 4.78 is 16.2. The van der Waals surface area contributed by atoms with Crippen molar-refractivity contribution in [1.82, 2.24) is 4.90 Å².